The molecule has 5 heteroatoms. The molecular weight excluding hydrogens is 304 g/mol. The number of thiophene rings is 1. The second kappa shape index (κ2) is 6.97. The summed E-state index contributed by atoms with van der Waals surface area (Å²) in [7, 11) is 0. The summed E-state index contributed by atoms with van der Waals surface area (Å²) in [6.45, 7) is 5.72. The van der Waals surface area contributed by atoms with Gasteiger partial charge in [0.15, 0.2) is 0 Å². The Kier molecular flexibility index (Phi) is 5.01. The number of nitrogens with zero attached hydrogens (tertiary/aromatic N) is 1. The molecule has 0 amide bonds. The van der Waals surface area contributed by atoms with Gasteiger partial charge in [0.2, 0.25) is 0 Å². The zero-order valence-corrected chi connectivity index (χ0v) is 13.8. The molecule has 0 bridgehead atoms. The summed E-state index contributed by atoms with van der Waals surface area (Å²) >= 11 is 7.72. The van der Waals surface area contributed by atoms with Gasteiger partial charge in [-0.1, -0.05) is 18.5 Å². The van der Waals surface area contributed by atoms with E-state index in [1.165, 1.54) is 30.8 Å². The Morgan fingerprint density at radius 2 is 2.19 bits per heavy atom. The molecule has 1 saturated heterocycles. The summed E-state index contributed by atoms with van der Waals surface area (Å²) in [5.41, 5.74) is 0. The zero-order valence-electron chi connectivity index (χ0n) is 12.2. The highest BCUT2D eigenvalue weighted by molar-refractivity contribution is 7.16. The molecule has 2 aromatic heterocycles. The van der Waals surface area contributed by atoms with Crippen molar-refractivity contribution in [1.82, 2.24) is 10.2 Å². The van der Waals surface area contributed by atoms with E-state index in [0.29, 0.717) is 6.04 Å². The Morgan fingerprint density at radius 1 is 1.38 bits per heavy atom. The van der Waals surface area contributed by atoms with Crippen LogP contribution < -0.4 is 5.32 Å². The number of likely N-dealkylation sites (tertiary alicyclic amines) is 1. The van der Waals surface area contributed by atoms with Gasteiger partial charge in [0, 0.05) is 10.9 Å². The molecule has 3 heterocycles. The van der Waals surface area contributed by atoms with Gasteiger partial charge in [-0.2, -0.15) is 0 Å². The second-order valence-corrected chi connectivity index (χ2v) is 7.21. The first kappa shape index (κ1) is 15.1. The van der Waals surface area contributed by atoms with Gasteiger partial charge in [-0.05, 0) is 56.7 Å². The third-order valence-electron chi connectivity index (χ3n) is 4.14. The molecule has 1 fully saturated rings. The quantitative estimate of drug-likeness (QED) is 0.895. The number of rotatable bonds is 5. The molecule has 21 heavy (non-hydrogen) atoms. The lowest BCUT2D eigenvalue weighted by molar-refractivity contribution is 0.199. The molecule has 3 nitrogen and oxygen atoms in total. The third-order valence-corrected chi connectivity index (χ3v) is 5.44. The van der Waals surface area contributed by atoms with Gasteiger partial charge in [0.25, 0.3) is 0 Å². The molecule has 1 N–H and O–H groups in total. The largest absolute Gasteiger partial charge is 0.467 e. The van der Waals surface area contributed by atoms with Crippen molar-refractivity contribution in [2.75, 3.05) is 19.6 Å². The number of furan rings is 1. The molecule has 1 atom stereocenters. The maximum absolute atomic E-state index is 6.10. The molecule has 1 aliphatic heterocycles. The molecular formula is C16H21ClN2OS. The van der Waals surface area contributed by atoms with Crippen LogP contribution >= 0.6 is 22.9 Å². The number of nitrogens with one attached hydrogen (secondary N) is 1. The summed E-state index contributed by atoms with van der Waals surface area (Å²) in [6.07, 6.45) is 4.10. The second-order valence-electron chi connectivity index (χ2n) is 5.47. The molecule has 0 aliphatic carbocycles. The number of hydrogen-bond donors (Lipinski definition) is 1. The van der Waals surface area contributed by atoms with Crippen LogP contribution in [0.15, 0.2) is 34.9 Å². The van der Waals surface area contributed by atoms with Crippen LogP contribution in [0.2, 0.25) is 4.34 Å². The Bertz CT molecular complexity index is 546. The predicted octanol–water partition coefficient (Wildman–Crippen LogP) is 4.16. The van der Waals surface area contributed by atoms with Crippen molar-refractivity contribution in [3.05, 3.63) is 45.5 Å². The van der Waals surface area contributed by atoms with Gasteiger partial charge in [0.05, 0.1) is 10.6 Å². The third kappa shape index (κ3) is 3.69. The van der Waals surface area contributed by atoms with Crippen LogP contribution in [0.1, 0.15) is 36.4 Å². The predicted molar refractivity (Wildman–Crippen MR) is 88.2 cm³/mol. The van der Waals surface area contributed by atoms with E-state index in [1.54, 1.807) is 17.6 Å². The van der Waals surface area contributed by atoms with E-state index in [1.807, 2.05) is 18.2 Å². The molecule has 0 spiro atoms. The smallest absolute Gasteiger partial charge is 0.126 e. The molecule has 3 rings (SSSR count). The van der Waals surface area contributed by atoms with E-state index in [-0.39, 0.29) is 6.04 Å². The summed E-state index contributed by atoms with van der Waals surface area (Å²) in [6, 6.07) is 8.66. The lowest BCUT2D eigenvalue weighted by atomic mass is 10.0. The summed E-state index contributed by atoms with van der Waals surface area (Å²) in [5.74, 6) is 0.964. The lowest BCUT2D eigenvalue weighted by Gasteiger charge is -2.33. The van der Waals surface area contributed by atoms with Crippen molar-refractivity contribution < 1.29 is 4.42 Å². The van der Waals surface area contributed by atoms with Crippen LogP contribution in [-0.4, -0.2) is 30.6 Å². The van der Waals surface area contributed by atoms with Gasteiger partial charge < -0.3 is 14.6 Å². The Labute approximate surface area is 134 Å². The maximum Gasteiger partial charge on any atom is 0.126 e. The number of hydrogen-bond acceptors (Lipinski definition) is 4. The Balaban J connectivity index is 1.72. The van der Waals surface area contributed by atoms with E-state index in [9.17, 15) is 0 Å². The first-order chi connectivity index (χ1) is 10.3. The van der Waals surface area contributed by atoms with Crippen molar-refractivity contribution >= 4 is 22.9 Å². The highest BCUT2D eigenvalue weighted by Gasteiger charge is 2.25. The molecule has 0 saturated carbocycles. The monoisotopic (exact) mass is 324 g/mol. The number of halogens is 1. The lowest BCUT2D eigenvalue weighted by Crippen LogP contribution is -2.43. The van der Waals surface area contributed by atoms with E-state index in [4.69, 9.17) is 16.0 Å². The van der Waals surface area contributed by atoms with Gasteiger partial charge in [0.1, 0.15) is 11.8 Å². The Morgan fingerprint density at radius 3 is 2.76 bits per heavy atom. The fraction of sp³-hybridized carbons (Fsp3) is 0.500. The summed E-state index contributed by atoms with van der Waals surface area (Å²) in [4.78, 5) is 3.72. The average molecular weight is 325 g/mol. The fourth-order valence-corrected chi connectivity index (χ4v) is 4.02. The normalized spacial score (nSPS) is 19.0. The van der Waals surface area contributed by atoms with E-state index in [2.05, 4.69) is 23.2 Å². The van der Waals surface area contributed by atoms with Crippen molar-refractivity contribution in [2.45, 2.75) is 31.8 Å². The van der Waals surface area contributed by atoms with Crippen LogP contribution in [0.25, 0.3) is 0 Å². The SMILES string of the molecule is CCN1CCC(NC(c2ccco2)c2ccc(Cl)s2)CC1. The maximum atomic E-state index is 6.10. The van der Waals surface area contributed by atoms with Gasteiger partial charge in [-0.25, -0.2) is 0 Å². The zero-order chi connectivity index (χ0) is 14.7. The molecule has 2 aromatic rings. The summed E-state index contributed by atoms with van der Waals surface area (Å²) in [5, 5.41) is 3.76. The first-order valence-electron chi connectivity index (χ1n) is 7.53. The molecule has 0 aromatic carbocycles. The highest BCUT2D eigenvalue weighted by Crippen LogP contribution is 2.32. The minimum Gasteiger partial charge on any atom is -0.467 e. The minimum atomic E-state index is 0.107. The van der Waals surface area contributed by atoms with Crippen LogP contribution in [0.3, 0.4) is 0 Å². The highest BCUT2D eigenvalue weighted by atomic mass is 35.5. The van der Waals surface area contributed by atoms with Gasteiger partial charge in [-0.15, -0.1) is 11.3 Å². The minimum absolute atomic E-state index is 0.107. The first-order valence-corrected chi connectivity index (χ1v) is 8.72. The van der Waals surface area contributed by atoms with Crippen LogP contribution in [0.5, 0.6) is 0 Å². The topological polar surface area (TPSA) is 28.4 Å². The van der Waals surface area contributed by atoms with E-state index < -0.39 is 0 Å². The standard InChI is InChI=1S/C16H21ClN2OS/c1-2-19-9-7-12(8-10-19)18-16(13-4-3-11-20-13)14-5-6-15(17)21-14/h3-6,11-12,16,18H,2,7-10H2,1H3. The van der Waals surface area contributed by atoms with E-state index in [0.717, 1.165) is 16.6 Å². The van der Waals surface area contributed by atoms with Crippen LogP contribution in [0.4, 0.5) is 0 Å². The molecule has 0 radical (unpaired) electrons. The van der Waals surface area contributed by atoms with Crippen molar-refractivity contribution in [1.29, 1.82) is 0 Å². The number of piperidine rings is 1. The van der Waals surface area contributed by atoms with Crippen molar-refractivity contribution in [2.24, 2.45) is 0 Å². The van der Waals surface area contributed by atoms with Crippen LogP contribution in [-0.2, 0) is 0 Å². The van der Waals surface area contributed by atoms with Gasteiger partial charge in [-0.3, -0.25) is 0 Å². The summed E-state index contributed by atoms with van der Waals surface area (Å²) < 4.78 is 6.46. The molecule has 1 aliphatic rings. The van der Waals surface area contributed by atoms with Gasteiger partial charge >= 0.3 is 0 Å². The van der Waals surface area contributed by atoms with Crippen LogP contribution in [0, 0.1) is 0 Å². The van der Waals surface area contributed by atoms with Crippen molar-refractivity contribution in [3.8, 4) is 0 Å². The van der Waals surface area contributed by atoms with E-state index >= 15 is 0 Å². The average Bonchev–Trinajstić information content (AvgIpc) is 3.17. The van der Waals surface area contributed by atoms with Crippen molar-refractivity contribution in [3.63, 3.8) is 0 Å². The Hall–Kier alpha value is -0.810. The molecule has 1 unspecified atom stereocenters. The molecule has 114 valence electrons. The fourth-order valence-electron chi connectivity index (χ4n) is 2.89.